The highest BCUT2D eigenvalue weighted by Gasteiger charge is 2.46. The Kier molecular flexibility index (Phi) is 3.12. The van der Waals surface area contributed by atoms with Crippen LogP contribution in [0.3, 0.4) is 0 Å². The maximum Gasteiger partial charge on any atom is 0.348 e. The van der Waals surface area contributed by atoms with Crippen LogP contribution in [0.2, 0.25) is 0 Å². The van der Waals surface area contributed by atoms with E-state index in [-0.39, 0.29) is 18.8 Å². The van der Waals surface area contributed by atoms with Gasteiger partial charge in [0.2, 0.25) is 6.10 Å². The van der Waals surface area contributed by atoms with Gasteiger partial charge in [-0.3, -0.25) is 9.59 Å². The van der Waals surface area contributed by atoms with E-state index in [9.17, 15) is 14.4 Å². The summed E-state index contributed by atoms with van der Waals surface area (Å²) in [6, 6.07) is 0. The number of ether oxygens (including phenoxy) is 2. The first-order valence-electron chi connectivity index (χ1n) is 4.68. The molecule has 15 heavy (non-hydrogen) atoms. The lowest BCUT2D eigenvalue weighted by molar-refractivity contribution is -0.163. The first-order chi connectivity index (χ1) is 6.83. The molecule has 0 amide bonds. The van der Waals surface area contributed by atoms with Crippen LogP contribution < -0.4 is 0 Å². The van der Waals surface area contributed by atoms with E-state index >= 15 is 0 Å². The van der Waals surface area contributed by atoms with Crippen molar-refractivity contribution in [3.63, 3.8) is 0 Å². The predicted octanol–water partition coefficient (Wildman–Crippen LogP) is 0.460. The topological polar surface area (TPSA) is 69.7 Å². The maximum atomic E-state index is 11.2. The summed E-state index contributed by atoms with van der Waals surface area (Å²) in [5, 5.41) is 0. The molecule has 1 aliphatic rings. The fourth-order valence-corrected chi connectivity index (χ4v) is 1.31. The first kappa shape index (κ1) is 11.7. The number of carbonyl (C=O) groups excluding carboxylic acids is 3. The monoisotopic (exact) mass is 214 g/mol. The van der Waals surface area contributed by atoms with Gasteiger partial charge >= 0.3 is 11.9 Å². The molecule has 0 aromatic heterocycles. The molecule has 0 radical (unpaired) electrons. The minimum absolute atomic E-state index is 0.226. The molecule has 1 aliphatic heterocycles. The average molecular weight is 214 g/mol. The highest BCUT2D eigenvalue weighted by molar-refractivity contribution is 5.95. The molecular formula is C10H14O5. The van der Waals surface area contributed by atoms with Gasteiger partial charge in [0.05, 0.1) is 0 Å². The lowest BCUT2D eigenvalue weighted by Crippen LogP contribution is -2.35. The van der Waals surface area contributed by atoms with Crippen molar-refractivity contribution in [1.82, 2.24) is 0 Å². The van der Waals surface area contributed by atoms with E-state index in [0.717, 1.165) is 0 Å². The second-order valence-corrected chi connectivity index (χ2v) is 4.34. The number of hydrogen-bond acceptors (Lipinski definition) is 5. The number of Topliss-reactive ketones (excluding diaryl/α,β-unsaturated/α-hetero) is 1. The van der Waals surface area contributed by atoms with Crippen molar-refractivity contribution in [2.45, 2.75) is 33.3 Å². The lowest BCUT2D eigenvalue weighted by Gasteiger charge is -2.21. The van der Waals surface area contributed by atoms with Crippen LogP contribution in [0.25, 0.3) is 0 Å². The Morgan fingerprint density at radius 2 is 2.13 bits per heavy atom. The zero-order chi connectivity index (χ0) is 11.6. The van der Waals surface area contributed by atoms with Crippen LogP contribution in [0.1, 0.15) is 27.2 Å². The molecule has 0 unspecified atom stereocenters. The van der Waals surface area contributed by atoms with Crippen molar-refractivity contribution in [2.75, 3.05) is 6.61 Å². The largest absolute Gasteiger partial charge is 0.462 e. The molecule has 1 fully saturated rings. The number of esters is 2. The summed E-state index contributed by atoms with van der Waals surface area (Å²) in [6.45, 7) is 5.05. The fourth-order valence-electron chi connectivity index (χ4n) is 1.31. The van der Waals surface area contributed by atoms with Gasteiger partial charge in [-0.2, -0.15) is 0 Å². The van der Waals surface area contributed by atoms with Crippen LogP contribution in [0.4, 0.5) is 0 Å². The van der Waals surface area contributed by atoms with Crippen molar-refractivity contribution < 1.29 is 23.9 Å². The van der Waals surface area contributed by atoms with Gasteiger partial charge in [-0.25, -0.2) is 4.79 Å². The molecule has 5 heteroatoms. The Bertz CT molecular complexity index is 305. The van der Waals surface area contributed by atoms with E-state index in [4.69, 9.17) is 9.47 Å². The lowest BCUT2D eigenvalue weighted by atomic mass is 9.90. The first-order valence-corrected chi connectivity index (χ1v) is 4.68. The summed E-state index contributed by atoms with van der Waals surface area (Å²) in [5.74, 6) is -1.51. The van der Waals surface area contributed by atoms with Crippen molar-refractivity contribution in [1.29, 1.82) is 0 Å². The van der Waals surface area contributed by atoms with Crippen LogP contribution in [0.5, 0.6) is 0 Å². The third-order valence-corrected chi connectivity index (χ3v) is 2.15. The standard InChI is InChI=1S/C10H14O5/c1-6(11)4-7(12)15-8-9(13)14-5-10(8,2)3/h8H,4-5H2,1-3H3/t8-/m0/s1. The molecular weight excluding hydrogens is 200 g/mol. The summed E-state index contributed by atoms with van der Waals surface area (Å²) in [6.07, 6.45) is -1.20. The van der Waals surface area contributed by atoms with Crippen molar-refractivity contribution in [3.05, 3.63) is 0 Å². The Morgan fingerprint density at radius 1 is 1.53 bits per heavy atom. The van der Waals surface area contributed by atoms with E-state index in [2.05, 4.69) is 0 Å². The van der Waals surface area contributed by atoms with E-state index in [0.29, 0.717) is 0 Å². The Hall–Kier alpha value is -1.39. The van der Waals surface area contributed by atoms with Gasteiger partial charge in [0, 0.05) is 5.41 Å². The van der Waals surface area contributed by atoms with Crippen LogP contribution in [-0.2, 0) is 23.9 Å². The molecule has 1 saturated heterocycles. The highest BCUT2D eigenvalue weighted by atomic mass is 16.6. The van der Waals surface area contributed by atoms with Crippen LogP contribution in [0.15, 0.2) is 0 Å². The second-order valence-electron chi connectivity index (χ2n) is 4.34. The molecule has 0 N–H and O–H groups in total. The summed E-state index contributed by atoms with van der Waals surface area (Å²) >= 11 is 0. The molecule has 1 atom stereocenters. The number of ketones is 1. The molecule has 0 aromatic rings. The Balaban J connectivity index is 2.60. The van der Waals surface area contributed by atoms with Gasteiger partial charge in [0.1, 0.15) is 18.8 Å². The SMILES string of the molecule is CC(=O)CC(=O)O[C@H]1C(=O)OCC1(C)C. The zero-order valence-corrected chi connectivity index (χ0v) is 9.03. The van der Waals surface area contributed by atoms with Gasteiger partial charge < -0.3 is 9.47 Å². The van der Waals surface area contributed by atoms with Gasteiger partial charge in [-0.1, -0.05) is 13.8 Å². The zero-order valence-electron chi connectivity index (χ0n) is 9.03. The van der Waals surface area contributed by atoms with Gasteiger partial charge in [-0.05, 0) is 6.92 Å². The summed E-state index contributed by atoms with van der Waals surface area (Å²) < 4.78 is 9.70. The Labute approximate surface area is 87.7 Å². The Morgan fingerprint density at radius 3 is 2.53 bits per heavy atom. The minimum atomic E-state index is -0.899. The van der Waals surface area contributed by atoms with Crippen molar-refractivity contribution in [2.24, 2.45) is 5.41 Å². The molecule has 0 saturated carbocycles. The molecule has 0 bridgehead atoms. The van der Waals surface area contributed by atoms with Crippen molar-refractivity contribution in [3.8, 4) is 0 Å². The van der Waals surface area contributed by atoms with E-state index < -0.39 is 23.5 Å². The fraction of sp³-hybridized carbons (Fsp3) is 0.700. The molecule has 1 rings (SSSR count). The van der Waals surface area contributed by atoms with E-state index in [1.807, 2.05) is 0 Å². The van der Waals surface area contributed by atoms with Crippen LogP contribution >= 0.6 is 0 Å². The van der Waals surface area contributed by atoms with Crippen molar-refractivity contribution >= 4 is 17.7 Å². The molecule has 5 nitrogen and oxygen atoms in total. The summed E-state index contributed by atoms with van der Waals surface area (Å²) in [5.41, 5.74) is -0.524. The molecule has 0 spiro atoms. The number of carbonyl (C=O) groups is 3. The van der Waals surface area contributed by atoms with E-state index in [1.54, 1.807) is 13.8 Å². The molecule has 0 aliphatic carbocycles. The molecule has 1 heterocycles. The predicted molar refractivity (Wildman–Crippen MR) is 49.9 cm³/mol. The minimum Gasteiger partial charge on any atom is -0.462 e. The van der Waals surface area contributed by atoms with Gasteiger partial charge in [-0.15, -0.1) is 0 Å². The third-order valence-electron chi connectivity index (χ3n) is 2.15. The van der Waals surface area contributed by atoms with Crippen LogP contribution in [-0.4, -0.2) is 30.4 Å². The molecule has 0 aromatic carbocycles. The highest BCUT2D eigenvalue weighted by Crippen LogP contribution is 2.31. The average Bonchev–Trinajstić information content (AvgIpc) is 2.30. The summed E-state index contributed by atoms with van der Waals surface area (Å²) in [4.78, 5) is 33.1. The molecule has 84 valence electrons. The van der Waals surface area contributed by atoms with Crippen LogP contribution in [0, 0.1) is 5.41 Å². The summed E-state index contributed by atoms with van der Waals surface area (Å²) in [7, 11) is 0. The van der Waals surface area contributed by atoms with E-state index in [1.165, 1.54) is 6.92 Å². The normalized spacial score (nSPS) is 23.4. The smallest absolute Gasteiger partial charge is 0.348 e. The van der Waals surface area contributed by atoms with Gasteiger partial charge in [0.15, 0.2) is 0 Å². The third kappa shape index (κ3) is 2.78. The number of rotatable bonds is 3. The van der Waals surface area contributed by atoms with Gasteiger partial charge in [0.25, 0.3) is 0 Å². The second kappa shape index (κ2) is 4.00. The number of cyclic esters (lactones) is 1. The quantitative estimate of drug-likeness (QED) is 0.504. The maximum absolute atomic E-state index is 11.2. The number of hydrogen-bond donors (Lipinski definition) is 0.